The number of hydrogen-bond donors (Lipinski definition) is 1. The van der Waals surface area contributed by atoms with E-state index in [1.54, 1.807) is 12.1 Å². The average Bonchev–Trinajstić information content (AvgIpc) is 2.85. The molecule has 0 aromatic heterocycles. The highest BCUT2D eigenvalue weighted by atomic mass is 35.5. The van der Waals surface area contributed by atoms with Crippen molar-refractivity contribution < 1.29 is 14.7 Å². The zero-order valence-electron chi connectivity index (χ0n) is 11.3. The van der Waals surface area contributed by atoms with E-state index >= 15 is 0 Å². The monoisotopic (exact) mass is 313 g/mol. The van der Waals surface area contributed by atoms with Crippen molar-refractivity contribution in [1.29, 1.82) is 0 Å². The van der Waals surface area contributed by atoms with Gasteiger partial charge in [0.05, 0.1) is 16.0 Å². The summed E-state index contributed by atoms with van der Waals surface area (Å²) in [5, 5.41) is 9.56. The number of nitrogens with zero attached hydrogens (tertiary/aromatic N) is 1. The Balaban J connectivity index is 2.38. The maximum absolute atomic E-state index is 12.7. The van der Waals surface area contributed by atoms with Crippen LogP contribution in [0.15, 0.2) is 18.2 Å². The van der Waals surface area contributed by atoms with E-state index in [0.29, 0.717) is 22.8 Å². The Kier molecular flexibility index (Phi) is 4.60. The van der Waals surface area contributed by atoms with Gasteiger partial charge in [-0.25, -0.2) is 4.79 Å². The van der Waals surface area contributed by atoms with Crippen LogP contribution in [0.5, 0.6) is 0 Å². The first kappa shape index (κ1) is 15.2. The molecule has 1 amide bonds. The van der Waals surface area contributed by atoms with Gasteiger partial charge in [-0.2, -0.15) is 0 Å². The van der Waals surface area contributed by atoms with Gasteiger partial charge in [0.15, 0.2) is 0 Å². The molecule has 1 aliphatic heterocycles. The number of carboxylic acid groups (broad SMARTS) is 1. The molecule has 1 fully saturated rings. The maximum atomic E-state index is 12.7. The third-order valence-corrected chi connectivity index (χ3v) is 5.34. The second kappa shape index (κ2) is 6.06. The van der Waals surface area contributed by atoms with Crippen LogP contribution in [0.3, 0.4) is 0 Å². The summed E-state index contributed by atoms with van der Waals surface area (Å²) < 4.78 is 0. The number of carbonyl (C=O) groups is 2. The van der Waals surface area contributed by atoms with Crippen molar-refractivity contribution in [3.05, 3.63) is 34.3 Å². The fourth-order valence-electron chi connectivity index (χ4n) is 2.29. The molecule has 1 aromatic rings. The molecule has 20 heavy (non-hydrogen) atoms. The minimum atomic E-state index is -0.967. The molecular formula is C14H16ClNO3S. The summed E-state index contributed by atoms with van der Waals surface area (Å²) in [4.78, 5) is 25.4. The zero-order valence-corrected chi connectivity index (χ0v) is 12.9. The number of thioether (sulfide) groups is 1. The molecule has 0 bridgehead atoms. The third-order valence-electron chi connectivity index (χ3n) is 3.38. The molecule has 1 aromatic carbocycles. The van der Waals surface area contributed by atoms with Gasteiger partial charge in [0.25, 0.3) is 5.91 Å². The quantitative estimate of drug-likeness (QED) is 0.932. The number of amides is 1. The molecule has 1 saturated heterocycles. The first-order valence-electron chi connectivity index (χ1n) is 6.39. The molecule has 0 radical (unpaired) electrons. The SMILES string of the molecule is CCC1SCC(C(=O)O)N1C(=O)c1cccc(C)c1Cl. The van der Waals surface area contributed by atoms with Gasteiger partial charge in [-0.1, -0.05) is 30.7 Å². The van der Waals surface area contributed by atoms with Crippen LogP contribution in [0, 0.1) is 6.92 Å². The Hall–Kier alpha value is -1.20. The van der Waals surface area contributed by atoms with Crippen molar-refractivity contribution in [3.8, 4) is 0 Å². The van der Waals surface area contributed by atoms with E-state index in [9.17, 15) is 14.7 Å². The molecule has 1 aliphatic rings. The number of rotatable bonds is 3. The largest absolute Gasteiger partial charge is 0.480 e. The Morgan fingerprint density at radius 1 is 1.50 bits per heavy atom. The highest BCUT2D eigenvalue weighted by Gasteiger charge is 2.41. The standard InChI is InChI=1S/C14H16ClNO3S/c1-3-11-16(10(7-20-11)14(18)19)13(17)9-6-4-5-8(2)12(9)15/h4-6,10-11H,3,7H2,1-2H3,(H,18,19). The Labute approximate surface area is 127 Å². The highest BCUT2D eigenvalue weighted by molar-refractivity contribution is 8.00. The summed E-state index contributed by atoms with van der Waals surface area (Å²) in [5.74, 6) is -0.850. The van der Waals surface area contributed by atoms with Gasteiger partial charge in [0.2, 0.25) is 0 Å². The molecule has 6 heteroatoms. The summed E-state index contributed by atoms with van der Waals surface area (Å²) in [5.41, 5.74) is 1.18. The Bertz CT molecular complexity index is 549. The first-order chi connectivity index (χ1) is 9.47. The van der Waals surface area contributed by atoms with Crippen LogP contribution in [-0.2, 0) is 4.79 Å². The summed E-state index contributed by atoms with van der Waals surface area (Å²) in [6.45, 7) is 3.77. The van der Waals surface area contributed by atoms with E-state index in [0.717, 1.165) is 5.56 Å². The van der Waals surface area contributed by atoms with Crippen molar-refractivity contribution in [3.63, 3.8) is 0 Å². The van der Waals surface area contributed by atoms with Crippen LogP contribution in [0.2, 0.25) is 5.02 Å². The van der Waals surface area contributed by atoms with Crippen molar-refractivity contribution >= 4 is 35.2 Å². The second-order valence-electron chi connectivity index (χ2n) is 4.70. The minimum Gasteiger partial charge on any atom is -0.480 e. The van der Waals surface area contributed by atoms with Gasteiger partial charge < -0.3 is 10.0 Å². The molecule has 2 atom stereocenters. The second-order valence-corrected chi connectivity index (χ2v) is 6.29. The van der Waals surface area contributed by atoms with Crippen LogP contribution in [-0.4, -0.2) is 39.1 Å². The fourth-order valence-corrected chi connectivity index (χ4v) is 3.85. The number of aryl methyl sites for hydroxylation is 1. The predicted octanol–water partition coefficient (Wildman–Crippen LogP) is 3.03. The lowest BCUT2D eigenvalue weighted by atomic mass is 10.1. The number of carbonyl (C=O) groups excluding carboxylic acids is 1. The number of carboxylic acids is 1. The zero-order chi connectivity index (χ0) is 14.9. The maximum Gasteiger partial charge on any atom is 0.327 e. The molecule has 1 heterocycles. The molecule has 4 nitrogen and oxygen atoms in total. The minimum absolute atomic E-state index is 0.111. The fraction of sp³-hybridized carbons (Fsp3) is 0.429. The van der Waals surface area contributed by atoms with Gasteiger partial charge in [-0.05, 0) is 25.0 Å². The van der Waals surface area contributed by atoms with Crippen LogP contribution >= 0.6 is 23.4 Å². The molecule has 2 unspecified atom stereocenters. The Morgan fingerprint density at radius 3 is 2.80 bits per heavy atom. The predicted molar refractivity (Wildman–Crippen MR) is 80.3 cm³/mol. The first-order valence-corrected chi connectivity index (χ1v) is 7.82. The van der Waals surface area contributed by atoms with Gasteiger partial charge in [0, 0.05) is 5.75 Å². The van der Waals surface area contributed by atoms with Gasteiger partial charge in [0.1, 0.15) is 6.04 Å². The summed E-state index contributed by atoms with van der Waals surface area (Å²) >= 11 is 7.68. The van der Waals surface area contributed by atoms with Crippen molar-refractivity contribution in [2.75, 3.05) is 5.75 Å². The van der Waals surface area contributed by atoms with Crippen LogP contribution in [0.4, 0.5) is 0 Å². The van der Waals surface area contributed by atoms with E-state index in [4.69, 9.17) is 11.6 Å². The lowest BCUT2D eigenvalue weighted by Crippen LogP contribution is -2.45. The number of halogens is 1. The summed E-state index contributed by atoms with van der Waals surface area (Å²) in [6, 6.07) is 4.44. The number of aliphatic carboxylic acids is 1. The lowest BCUT2D eigenvalue weighted by molar-refractivity contribution is -0.141. The molecule has 0 spiro atoms. The number of benzene rings is 1. The van der Waals surface area contributed by atoms with Crippen molar-refractivity contribution in [2.45, 2.75) is 31.7 Å². The molecule has 0 saturated carbocycles. The Morgan fingerprint density at radius 2 is 2.20 bits per heavy atom. The van der Waals surface area contributed by atoms with E-state index in [2.05, 4.69) is 0 Å². The normalized spacial score (nSPS) is 22.1. The van der Waals surface area contributed by atoms with E-state index in [1.807, 2.05) is 19.9 Å². The molecular weight excluding hydrogens is 298 g/mol. The van der Waals surface area contributed by atoms with E-state index in [1.165, 1.54) is 16.7 Å². The average molecular weight is 314 g/mol. The van der Waals surface area contributed by atoms with Gasteiger partial charge >= 0.3 is 5.97 Å². The van der Waals surface area contributed by atoms with Crippen molar-refractivity contribution in [1.82, 2.24) is 4.90 Å². The van der Waals surface area contributed by atoms with Crippen LogP contribution in [0.1, 0.15) is 29.3 Å². The molecule has 1 N–H and O–H groups in total. The van der Waals surface area contributed by atoms with Gasteiger partial charge in [-0.15, -0.1) is 11.8 Å². The topological polar surface area (TPSA) is 57.6 Å². The smallest absolute Gasteiger partial charge is 0.327 e. The van der Waals surface area contributed by atoms with Crippen molar-refractivity contribution in [2.24, 2.45) is 0 Å². The molecule has 108 valence electrons. The van der Waals surface area contributed by atoms with Gasteiger partial charge in [-0.3, -0.25) is 4.79 Å². The summed E-state index contributed by atoms with van der Waals surface area (Å²) in [7, 11) is 0. The van der Waals surface area contributed by atoms with E-state index in [-0.39, 0.29) is 11.3 Å². The third kappa shape index (κ3) is 2.65. The summed E-state index contributed by atoms with van der Waals surface area (Å²) in [6.07, 6.45) is 0.712. The van der Waals surface area contributed by atoms with E-state index < -0.39 is 12.0 Å². The lowest BCUT2D eigenvalue weighted by Gasteiger charge is -2.27. The highest BCUT2D eigenvalue weighted by Crippen LogP contribution is 2.34. The van der Waals surface area contributed by atoms with Crippen LogP contribution in [0.25, 0.3) is 0 Å². The number of hydrogen-bond acceptors (Lipinski definition) is 3. The molecule has 0 aliphatic carbocycles. The molecule has 2 rings (SSSR count). The van der Waals surface area contributed by atoms with Crippen LogP contribution < -0.4 is 0 Å².